The maximum absolute atomic E-state index is 4.62. The summed E-state index contributed by atoms with van der Waals surface area (Å²) >= 11 is 3.54. The van der Waals surface area contributed by atoms with Crippen molar-refractivity contribution < 1.29 is 0 Å². The number of rotatable bonds is 2. The molecule has 0 atom stereocenters. The van der Waals surface area contributed by atoms with Crippen LogP contribution in [0.1, 0.15) is 0 Å². The first-order valence-corrected chi connectivity index (χ1v) is 9.15. The molecular formula is C19H12N2S2. The second-order valence-electron chi connectivity index (χ2n) is 5.35. The van der Waals surface area contributed by atoms with E-state index in [2.05, 4.69) is 75.0 Å². The summed E-state index contributed by atoms with van der Waals surface area (Å²) in [6.07, 6.45) is 1.89. The average molecular weight is 332 g/mol. The van der Waals surface area contributed by atoms with Gasteiger partial charge in [0.2, 0.25) is 0 Å². The van der Waals surface area contributed by atoms with Crippen LogP contribution in [-0.4, -0.2) is 9.61 Å². The maximum Gasteiger partial charge on any atom is 0.0917 e. The Hall–Kier alpha value is -2.43. The zero-order valence-electron chi connectivity index (χ0n) is 12.1. The predicted octanol–water partition coefficient (Wildman–Crippen LogP) is 5.94. The third-order valence-electron chi connectivity index (χ3n) is 4.09. The van der Waals surface area contributed by atoms with E-state index in [1.54, 1.807) is 22.7 Å². The first-order chi connectivity index (χ1) is 11.4. The fourth-order valence-electron chi connectivity index (χ4n) is 3.15. The molecule has 0 fully saturated rings. The number of pyridine rings is 1. The van der Waals surface area contributed by atoms with E-state index in [1.165, 1.54) is 31.8 Å². The van der Waals surface area contributed by atoms with Crippen LogP contribution in [-0.2, 0) is 0 Å². The monoisotopic (exact) mass is 332 g/mol. The molecule has 0 spiro atoms. The molecule has 23 heavy (non-hydrogen) atoms. The molecule has 2 nitrogen and oxygen atoms in total. The Balaban J connectivity index is 2.07. The Kier molecular flexibility index (Phi) is 2.86. The average Bonchev–Trinajstić information content (AvgIpc) is 3.34. The van der Waals surface area contributed by atoms with Crippen molar-refractivity contribution in [3.8, 4) is 21.0 Å². The van der Waals surface area contributed by atoms with Crippen LogP contribution in [0.25, 0.3) is 37.3 Å². The summed E-state index contributed by atoms with van der Waals surface area (Å²) in [5, 5.41) is 11.4. The van der Waals surface area contributed by atoms with Crippen molar-refractivity contribution in [3.63, 3.8) is 0 Å². The number of fused-ring (bicyclic) bond motifs is 3. The van der Waals surface area contributed by atoms with Gasteiger partial charge in [-0.3, -0.25) is 0 Å². The van der Waals surface area contributed by atoms with Gasteiger partial charge in [0.1, 0.15) is 0 Å². The smallest absolute Gasteiger partial charge is 0.0917 e. The van der Waals surface area contributed by atoms with Crippen LogP contribution in [0.3, 0.4) is 0 Å². The van der Waals surface area contributed by atoms with Crippen molar-refractivity contribution in [2.24, 2.45) is 0 Å². The zero-order chi connectivity index (χ0) is 15.2. The molecule has 0 aliphatic carbocycles. The van der Waals surface area contributed by atoms with E-state index in [0.717, 1.165) is 5.52 Å². The lowest BCUT2D eigenvalue weighted by Crippen LogP contribution is -1.97. The van der Waals surface area contributed by atoms with Crippen molar-refractivity contribution in [3.05, 3.63) is 71.6 Å². The van der Waals surface area contributed by atoms with Crippen molar-refractivity contribution in [2.45, 2.75) is 0 Å². The molecule has 1 aromatic carbocycles. The Bertz CT molecular complexity index is 1100. The summed E-state index contributed by atoms with van der Waals surface area (Å²) < 4.78 is 2.09. The Morgan fingerprint density at radius 2 is 1.48 bits per heavy atom. The van der Waals surface area contributed by atoms with Gasteiger partial charge in [-0.25, -0.2) is 4.52 Å². The molecule has 5 rings (SSSR count). The van der Waals surface area contributed by atoms with Crippen LogP contribution in [0.2, 0.25) is 0 Å². The SMILES string of the molecule is c1csc(-c2c(-c3cccs3)n3nccc3c3ccccc23)c1. The minimum absolute atomic E-state index is 1.16. The number of hydrogen-bond acceptors (Lipinski definition) is 3. The van der Waals surface area contributed by atoms with Crippen LogP contribution >= 0.6 is 22.7 Å². The zero-order valence-corrected chi connectivity index (χ0v) is 13.8. The fraction of sp³-hybridized carbons (Fsp3) is 0. The number of aromatic nitrogens is 2. The van der Waals surface area contributed by atoms with Gasteiger partial charge < -0.3 is 0 Å². The summed E-state index contributed by atoms with van der Waals surface area (Å²) in [5.41, 5.74) is 3.61. The lowest BCUT2D eigenvalue weighted by molar-refractivity contribution is 0.979. The highest BCUT2D eigenvalue weighted by atomic mass is 32.1. The van der Waals surface area contributed by atoms with Gasteiger partial charge in [0.25, 0.3) is 0 Å². The van der Waals surface area contributed by atoms with Gasteiger partial charge in [-0.1, -0.05) is 36.4 Å². The third-order valence-corrected chi connectivity index (χ3v) is 5.85. The largest absolute Gasteiger partial charge is 0.231 e. The highest BCUT2D eigenvalue weighted by Crippen LogP contribution is 2.42. The van der Waals surface area contributed by atoms with E-state index in [4.69, 9.17) is 0 Å². The van der Waals surface area contributed by atoms with Gasteiger partial charge in [-0.15, -0.1) is 22.7 Å². The molecule has 0 radical (unpaired) electrons. The van der Waals surface area contributed by atoms with Crippen LogP contribution in [0.4, 0.5) is 0 Å². The highest BCUT2D eigenvalue weighted by Gasteiger charge is 2.19. The van der Waals surface area contributed by atoms with Gasteiger partial charge >= 0.3 is 0 Å². The van der Waals surface area contributed by atoms with Gasteiger partial charge in [-0.2, -0.15) is 5.10 Å². The standard InChI is InChI=1S/C19H12N2S2/c1-2-6-14-13(5-1)15-9-10-20-21(15)19(17-8-4-12-23-17)18(14)16-7-3-11-22-16/h1-12H. The van der Waals surface area contributed by atoms with E-state index < -0.39 is 0 Å². The van der Waals surface area contributed by atoms with Crippen LogP contribution in [0.15, 0.2) is 71.6 Å². The molecule has 4 heteroatoms. The van der Waals surface area contributed by atoms with Gasteiger partial charge in [0.05, 0.1) is 22.3 Å². The molecule has 0 saturated heterocycles. The second kappa shape index (κ2) is 5.05. The molecule has 5 aromatic rings. The first kappa shape index (κ1) is 13.0. The molecule has 0 saturated carbocycles. The minimum atomic E-state index is 1.16. The van der Waals surface area contributed by atoms with E-state index in [1.807, 2.05) is 6.20 Å². The van der Waals surface area contributed by atoms with Crippen molar-refractivity contribution >= 4 is 39.0 Å². The quantitative estimate of drug-likeness (QED) is 0.391. The molecule has 4 heterocycles. The molecule has 0 aliphatic rings. The van der Waals surface area contributed by atoms with Crippen LogP contribution in [0, 0.1) is 0 Å². The number of benzene rings is 1. The second-order valence-corrected chi connectivity index (χ2v) is 7.25. The van der Waals surface area contributed by atoms with E-state index in [9.17, 15) is 0 Å². The van der Waals surface area contributed by atoms with E-state index >= 15 is 0 Å². The lowest BCUT2D eigenvalue weighted by atomic mass is 10.0. The Morgan fingerprint density at radius 3 is 2.22 bits per heavy atom. The van der Waals surface area contributed by atoms with Gasteiger partial charge in [0.15, 0.2) is 0 Å². The van der Waals surface area contributed by atoms with Crippen LogP contribution < -0.4 is 0 Å². The summed E-state index contributed by atoms with van der Waals surface area (Å²) in [6.45, 7) is 0. The van der Waals surface area contributed by atoms with Gasteiger partial charge in [-0.05, 0) is 34.3 Å². The molecule has 0 aliphatic heterocycles. The summed E-state index contributed by atoms with van der Waals surface area (Å²) in [5.74, 6) is 0. The Labute approximate surface area is 141 Å². The Morgan fingerprint density at radius 1 is 0.739 bits per heavy atom. The molecule has 0 amide bonds. The highest BCUT2D eigenvalue weighted by molar-refractivity contribution is 7.14. The summed E-state index contributed by atoms with van der Waals surface area (Å²) in [4.78, 5) is 2.52. The van der Waals surface area contributed by atoms with Gasteiger partial charge in [0, 0.05) is 15.8 Å². The maximum atomic E-state index is 4.62. The number of thiophene rings is 2. The topological polar surface area (TPSA) is 17.3 Å². The third kappa shape index (κ3) is 1.89. The normalized spacial score (nSPS) is 11.5. The predicted molar refractivity (Wildman–Crippen MR) is 99.3 cm³/mol. The first-order valence-electron chi connectivity index (χ1n) is 7.40. The molecule has 110 valence electrons. The summed E-state index contributed by atoms with van der Waals surface area (Å²) in [6, 6.07) is 19.3. The molecule has 4 aromatic heterocycles. The number of hydrogen-bond donors (Lipinski definition) is 0. The van der Waals surface area contributed by atoms with Crippen LogP contribution in [0.5, 0.6) is 0 Å². The van der Waals surface area contributed by atoms with E-state index in [-0.39, 0.29) is 0 Å². The minimum Gasteiger partial charge on any atom is -0.231 e. The molecule has 0 bridgehead atoms. The molecule has 0 N–H and O–H groups in total. The number of nitrogens with zero attached hydrogens (tertiary/aromatic N) is 2. The molecular weight excluding hydrogens is 320 g/mol. The van der Waals surface area contributed by atoms with Crippen molar-refractivity contribution in [2.75, 3.05) is 0 Å². The van der Waals surface area contributed by atoms with E-state index in [0.29, 0.717) is 0 Å². The van der Waals surface area contributed by atoms with Crippen molar-refractivity contribution in [1.82, 2.24) is 9.61 Å². The van der Waals surface area contributed by atoms with Crippen molar-refractivity contribution in [1.29, 1.82) is 0 Å². The fourth-order valence-corrected chi connectivity index (χ4v) is 4.70. The summed E-state index contributed by atoms with van der Waals surface area (Å²) in [7, 11) is 0. The molecule has 0 unspecified atom stereocenters. The lowest BCUT2D eigenvalue weighted by Gasteiger charge is -2.14.